The largest absolute Gasteiger partial charge is 0.480 e. The van der Waals surface area contributed by atoms with E-state index in [9.17, 15) is 4.79 Å². The third-order valence-corrected chi connectivity index (χ3v) is 3.36. The van der Waals surface area contributed by atoms with Crippen molar-refractivity contribution in [1.29, 1.82) is 0 Å². The number of carboxylic acid groups (broad SMARTS) is 1. The van der Waals surface area contributed by atoms with Crippen LogP contribution in [0.2, 0.25) is 0 Å². The Hall–Kier alpha value is -0.870. The maximum Gasteiger partial charge on any atom is 0.317 e. The second-order valence-electron chi connectivity index (χ2n) is 4.64. The molecule has 1 aromatic carbocycles. The maximum absolute atomic E-state index is 10.8. The minimum Gasteiger partial charge on any atom is -0.480 e. The molecule has 17 heavy (non-hydrogen) atoms. The van der Waals surface area contributed by atoms with Crippen molar-refractivity contribution in [3.8, 4) is 0 Å². The molecule has 1 aromatic rings. The third-order valence-electron chi connectivity index (χ3n) is 2.87. The van der Waals surface area contributed by atoms with E-state index in [2.05, 4.69) is 15.9 Å². The van der Waals surface area contributed by atoms with E-state index < -0.39 is 5.97 Å². The molecule has 4 heteroatoms. The molecule has 92 valence electrons. The first kappa shape index (κ1) is 12.6. The van der Waals surface area contributed by atoms with Crippen molar-refractivity contribution in [2.24, 2.45) is 5.92 Å². The Morgan fingerprint density at radius 2 is 2.24 bits per heavy atom. The Balaban J connectivity index is 1.97. The van der Waals surface area contributed by atoms with E-state index in [4.69, 9.17) is 5.11 Å². The molecule has 0 saturated heterocycles. The van der Waals surface area contributed by atoms with Gasteiger partial charge in [0.25, 0.3) is 0 Å². The summed E-state index contributed by atoms with van der Waals surface area (Å²) < 4.78 is 1.04. The first-order chi connectivity index (χ1) is 8.13. The predicted octanol–water partition coefficient (Wildman–Crippen LogP) is 2.75. The van der Waals surface area contributed by atoms with Gasteiger partial charge in [0.05, 0.1) is 6.54 Å². The van der Waals surface area contributed by atoms with E-state index in [1.54, 1.807) is 0 Å². The lowest BCUT2D eigenvalue weighted by Gasteiger charge is -2.20. The molecule has 3 nitrogen and oxygen atoms in total. The molecule has 0 amide bonds. The standard InChI is InChI=1S/C13H16BrNO2/c14-12-3-1-2-11(6-12)8-15(9-13(16)17)7-10-4-5-10/h1-3,6,10H,4-5,7-9H2,(H,16,17). The summed E-state index contributed by atoms with van der Waals surface area (Å²) >= 11 is 3.43. The second-order valence-corrected chi connectivity index (χ2v) is 5.55. The van der Waals surface area contributed by atoms with Crippen LogP contribution in [0, 0.1) is 5.92 Å². The molecule has 0 aliphatic heterocycles. The molecule has 0 aromatic heterocycles. The molecule has 1 saturated carbocycles. The Morgan fingerprint density at radius 1 is 1.47 bits per heavy atom. The van der Waals surface area contributed by atoms with Crippen molar-refractivity contribution in [2.75, 3.05) is 13.1 Å². The summed E-state index contributed by atoms with van der Waals surface area (Å²) in [5, 5.41) is 8.90. The first-order valence-electron chi connectivity index (χ1n) is 5.82. The lowest BCUT2D eigenvalue weighted by molar-refractivity contribution is -0.138. The highest BCUT2D eigenvalue weighted by Gasteiger charge is 2.25. The highest BCUT2D eigenvalue weighted by molar-refractivity contribution is 9.10. The van der Waals surface area contributed by atoms with E-state index in [1.807, 2.05) is 29.2 Å². The van der Waals surface area contributed by atoms with Crippen molar-refractivity contribution in [2.45, 2.75) is 19.4 Å². The zero-order valence-corrected chi connectivity index (χ0v) is 11.2. The van der Waals surface area contributed by atoms with Gasteiger partial charge in [-0.1, -0.05) is 28.1 Å². The zero-order valence-electron chi connectivity index (χ0n) is 9.60. The molecule has 0 atom stereocenters. The normalized spacial score (nSPS) is 15.2. The van der Waals surface area contributed by atoms with Gasteiger partial charge in [0.1, 0.15) is 0 Å². The zero-order chi connectivity index (χ0) is 12.3. The van der Waals surface area contributed by atoms with Crippen LogP contribution in [-0.2, 0) is 11.3 Å². The summed E-state index contributed by atoms with van der Waals surface area (Å²) in [6, 6.07) is 8.04. The number of nitrogens with zero attached hydrogens (tertiary/aromatic N) is 1. The molecular weight excluding hydrogens is 282 g/mol. The van der Waals surface area contributed by atoms with Crippen LogP contribution in [0.4, 0.5) is 0 Å². The monoisotopic (exact) mass is 297 g/mol. The fourth-order valence-corrected chi connectivity index (χ4v) is 2.38. The van der Waals surface area contributed by atoms with Gasteiger partial charge in [0.15, 0.2) is 0 Å². The van der Waals surface area contributed by atoms with Gasteiger partial charge in [-0.2, -0.15) is 0 Å². The number of carbonyl (C=O) groups is 1. The maximum atomic E-state index is 10.8. The van der Waals surface area contributed by atoms with Crippen LogP contribution in [0.15, 0.2) is 28.7 Å². The Morgan fingerprint density at radius 3 is 2.82 bits per heavy atom. The van der Waals surface area contributed by atoms with Crippen LogP contribution < -0.4 is 0 Å². The minimum absolute atomic E-state index is 0.128. The fourth-order valence-electron chi connectivity index (χ4n) is 1.94. The predicted molar refractivity (Wildman–Crippen MR) is 69.8 cm³/mol. The molecule has 1 fully saturated rings. The van der Waals surface area contributed by atoms with E-state index in [-0.39, 0.29) is 6.54 Å². The van der Waals surface area contributed by atoms with Gasteiger partial charge in [0.2, 0.25) is 0 Å². The molecule has 1 aliphatic rings. The average Bonchev–Trinajstić information content (AvgIpc) is 3.00. The van der Waals surface area contributed by atoms with Crippen LogP contribution >= 0.6 is 15.9 Å². The lowest BCUT2D eigenvalue weighted by Crippen LogP contribution is -2.31. The lowest BCUT2D eigenvalue weighted by atomic mass is 10.2. The number of benzene rings is 1. The highest BCUT2D eigenvalue weighted by Crippen LogP contribution is 2.30. The van der Waals surface area contributed by atoms with Gasteiger partial charge in [-0.3, -0.25) is 9.69 Å². The number of aliphatic carboxylic acids is 1. The summed E-state index contributed by atoms with van der Waals surface area (Å²) in [7, 11) is 0. The summed E-state index contributed by atoms with van der Waals surface area (Å²) in [5.74, 6) is -0.0397. The van der Waals surface area contributed by atoms with Crippen LogP contribution in [0.3, 0.4) is 0 Å². The molecule has 0 unspecified atom stereocenters. The number of rotatable bonds is 6. The molecular formula is C13H16BrNO2. The van der Waals surface area contributed by atoms with Crippen molar-refractivity contribution in [3.05, 3.63) is 34.3 Å². The molecule has 0 radical (unpaired) electrons. The third kappa shape index (κ3) is 4.48. The summed E-state index contributed by atoms with van der Waals surface area (Å²) in [6.07, 6.45) is 2.49. The van der Waals surface area contributed by atoms with Crippen molar-refractivity contribution in [3.63, 3.8) is 0 Å². The fraction of sp³-hybridized carbons (Fsp3) is 0.462. The Kier molecular flexibility index (Phi) is 4.18. The highest BCUT2D eigenvalue weighted by atomic mass is 79.9. The molecule has 0 heterocycles. The topological polar surface area (TPSA) is 40.5 Å². The minimum atomic E-state index is -0.749. The van der Waals surface area contributed by atoms with Crippen LogP contribution in [0.1, 0.15) is 18.4 Å². The molecule has 1 aliphatic carbocycles. The quantitative estimate of drug-likeness (QED) is 0.878. The molecule has 2 rings (SSSR count). The van der Waals surface area contributed by atoms with Crippen molar-refractivity contribution >= 4 is 21.9 Å². The molecule has 1 N–H and O–H groups in total. The van der Waals surface area contributed by atoms with Gasteiger partial charge < -0.3 is 5.11 Å². The van der Waals surface area contributed by atoms with Crippen LogP contribution in [0.25, 0.3) is 0 Å². The number of hydrogen-bond donors (Lipinski definition) is 1. The SMILES string of the molecule is O=C(O)CN(Cc1cccc(Br)c1)CC1CC1. The Bertz CT molecular complexity index is 404. The second kappa shape index (κ2) is 5.65. The summed E-state index contributed by atoms with van der Waals surface area (Å²) in [4.78, 5) is 12.8. The van der Waals surface area contributed by atoms with E-state index in [1.165, 1.54) is 12.8 Å². The van der Waals surface area contributed by atoms with Crippen molar-refractivity contribution < 1.29 is 9.90 Å². The van der Waals surface area contributed by atoms with Crippen molar-refractivity contribution in [1.82, 2.24) is 4.90 Å². The average molecular weight is 298 g/mol. The molecule has 0 spiro atoms. The number of halogens is 1. The first-order valence-corrected chi connectivity index (χ1v) is 6.61. The van der Waals surface area contributed by atoms with Gasteiger partial charge in [-0.05, 0) is 36.5 Å². The van der Waals surface area contributed by atoms with Gasteiger partial charge in [-0.15, -0.1) is 0 Å². The van der Waals surface area contributed by atoms with Gasteiger partial charge >= 0.3 is 5.97 Å². The van der Waals surface area contributed by atoms with Crippen LogP contribution in [-0.4, -0.2) is 29.1 Å². The summed E-state index contributed by atoms with van der Waals surface area (Å²) in [5.41, 5.74) is 1.15. The van der Waals surface area contributed by atoms with Crippen LogP contribution in [0.5, 0.6) is 0 Å². The van der Waals surface area contributed by atoms with E-state index in [0.29, 0.717) is 12.5 Å². The number of carboxylic acids is 1. The number of hydrogen-bond acceptors (Lipinski definition) is 2. The summed E-state index contributed by atoms with van der Waals surface area (Å²) in [6.45, 7) is 1.74. The smallest absolute Gasteiger partial charge is 0.317 e. The van der Waals surface area contributed by atoms with Gasteiger partial charge in [-0.25, -0.2) is 0 Å². The van der Waals surface area contributed by atoms with E-state index in [0.717, 1.165) is 16.6 Å². The van der Waals surface area contributed by atoms with Gasteiger partial charge in [0, 0.05) is 17.6 Å². The molecule has 0 bridgehead atoms. The Labute approximate surface area is 110 Å². The van der Waals surface area contributed by atoms with E-state index >= 15 is 0 Å².